The van der Waals surface area contributed by atoms with Gasteiger partial charge in [0, 0.05) is 6.61 Å². The number of hydrogen-bond donors (Lipinski definition) is 2. The molecule has 0 saturated carbocycles. The first kappa shape index (κ1) is 17.8. The normalized spacial score (nSPS) is 9.12. The number of allylic oxidation sites excluding steroid dienone is 1. The minimum absolute atomic E-state index is 0.0833. The molecule has 2 N–H and O–H groups in total. The molecule has 0 aromatic rings. The van der Waals surface area contributed by atoms with E-state index in [-0.39, 0.29) is 6.61 Å². The van der Waals surface area contributed by atoms with Crippen molar-refractivity contribution < 1.29 is 10.2 Å². The fourth-order valence-electron chi connectivity index (χ4n) is 1.28. The average molecular weight is 228 g/mol. The van der Waals surface area contributed by atoms with Gasteiger partial charge in [-0.25, -0.2) is 0 Å². The zero-order chi connectivity index (χ0) is 12.5. The largest absolute Gasteiger partial charge is 0.396 e. The molecule has 0 aromatic carbocycles. The molecule has 16 heavy (non-hydrogen) atoms. The summed E-state index contributed by atoms with van der Waals surface area (Å²) in [6, 6.07) is 0. The lowest BCUT2D eigenvalue weighted by Crippen LogP contribution is -1.83. The summed E-state index contributed by atoms with van der Waals surface area (Å²) in [4.78, 5) is 0. The number of aliphatic hydroxyl groups is 2. The van der Waals surface area contributed by atoms with E-state index < -0.39 is 0 Å². The summed E-state index contributed by atoms with van der Waals surface area (Å²) in [6.45, 7) is 7.36. The van der Waals surface area contributed by atoms with Crippen molar-refractivity contribution in [2.75, 3.05) is 13.2 Å². The molecule has 0 aliphatic carbocycles. The van der Waals surface area contributed by atoms with Crippen LogP contribution in [0.2, 0.25) is 0 Å². The van der Waals surface area contributed by atoms with Crippen LogP contribution in [0, 0.1) is 0 Å². The van der Waals surface area contributed by atoms with E-state index >= 15 is 0 Å². The van der Waals surface area contributed by atoms with Crippen molar-refractivity contribution in [2.45, 2.75) is 51.4 Å². The van der Waals surface area contributed by atoms with E-state index in [1.165, 1.54) is 44.6 Å². The molecule has 0 amide bonds. The highest BCUT2D eigenvalue weighted by Gasteiger charge is 1.89. The smallest absolute Gasteiger partial charge is 0.0609 e. The molecule has 0 saturated heterocycles. The zero-order valence-corrected chi connectivity index (χ0v) is 10.5. The van der Waals surface area contributed by atoms with Crippen LogP contribution in [0.25, 0.3) is 0 Å². The summed E-state index contributed by atoms with van der Waals surface area (Å²) in [5, 5.41) is 16.3. The molecule has 0 aromatic heterocycles. The number of unbranched alkanes of at least 4 members (excludes halogenated alkanes) is 7. The Bertz CT molecular complexity index is 133. The van der Waals surface area contributed by atoms with E-state index in [2.05, 4.69) is 13.2 Å². The van der Waals surface area contributed by atoms with Gasteiger partial charge in [0.2, 0.25) is 0 Å². The van der Waals surface area contributed by atoms with Crippen molar-refractivity contribution in [1.29, 1.82) is 0 Å². The van der Waals surface area contributed by atoms with Crippen molar-refractivity contribution in [3.8, 4) is 0 Å². The molecule has 2 heteroatoms. The Balaban J connectivity index is 0. The topological polar surface area (TPSA) is 40.5 Å². The first-order chi connectivity index (χ1) is 7.83. The van der Waals surface area contributed by atoms with Crippen LogP contribution in [0.5, 0.6) is 0 Å². The Morgan fingerprint density at radius 1 is 0.688 bits per heavy atom. The Hall–Kier alpha value is -0.600. The molecule has 0 bridgehead atoms. The third kappa shape index (κ3) is 23.3. The fourth-order valence-corrected chi connectivity index (χ4v) is 1.28. The van der Waals surface area contributed by atoms with Gasteiger partial charge in [-0.15, -0.1) is 13.2 Å². The second-order valence-corrected chi connectivity index (χ2v) is 3.75. The lowest BCUT2D eigenvalue weighted by atomic mass is 10.1. The first-order valence-corrected chi connectivity index (χ1v) is 6.27. The molecule has 2 nitrogen and oxygen atoms in total. The van der Waals surface area contributed by atoms with Crippen molar-refractivity contribution in [3.63, 3.8) is 0 Å². The van der Waals surface area contributed by atoms with Crippen LogP contribution in [0.15, 0.2) is 25.3 Å². The van der Waals surface area contributed by atoms with Crippen LogP contribution in [0.1, 0.15) is 51.4 Å². The summed E-state index contributed by atoms with van der Waals surface area (Å²) in [6.07, 6.45) is 13.4. The highest BCUT2D eigenvalue weighted by molar-refractivity contribution is 4.65. The average Bonchev–Trinajstić information content (AvgIpc) is 2.33. The van der Waals surface area contributed by atoms with Crippen molar-refractivity contribution in [1.82, 2.24) is 0 Å². The van der Waals surface area contributed by atoms with Gasteiger partial charge in [0.25, 0.3) is 0 Å². The molecule has 0 rings (SSSR count). The van der Waals surface area contributed by atoms with Gasteiger partial charge in [0.05, 0.1) is 6.61 Å². The Kier molecular flexibility index (Phi) is 22.1. The summed E-state index contributed by atoms with van der Waals surface area (Å²) in [5.41, 5.74) is 0. The monoisotopic (exact) mass is 228 g/mol. The highest BCUT2D eigenvalue weighted by atomic mass is 16.3. The quantitative estimate of drug-likeness (QED) is 0.444. The molecule has 0 atom stereocenters. The molecular formula is C14H28O2. The Morgan fingerprint density at radius 3 is 1.50 bits per heavy atom. The summed E-state index contributed by atoms with van der Waals surface area (Å²) < 4.78 is 0. The van der Waals surface area contributed by atoms with Crippen LogP contribution in [-0.4, -0.2) is 23.4 Å². The third-order valence-corrected chi connectivity index (χ3v) is 2.20. The lowest BCUT2D eigenvalue weighted by molar-refractivity contribution is 0.282. The molecule has 0 spiro atoms. The molecule has 0 unspecified atom stereocenters. The first-order valence-electron chi connectivity index (χ1n) is 6.27. The summed E-state index contributed by atoms with van der Waals surface area (Å²) >= 11 is 0. The second-order valence-electron chi connectivity index (χ2n) is 3.75. The maximum atomic E-state index is 8.53. The van der Waals surface area contributed by atoms with Crippen LogP contribution in [-0.2, 0) is 0 Å². The molecule has 0 aliphatic rings. The zero-order valence-electron chi connectivity index (χ0n) is 10.5. The minimum atomic E-state index is 0.0833. The predicted molar refractivity (Wildman–Crippen MR) is 71.5 cm³/mol. The fraction of sp³-hybridized carbons (Fsp3) is 0.714. The van der Waals surface area contributed by atoms with Crippen LogP contribution in [0.3, 0.4) is 0 Å². The molecular weight excluding hydrogens is 200 g/mol. The summed E-state index contributed by atoms with van der Waals surface area (Å²) in [5.74, 6) is 0. The second kappa shape index (κ2) is 19.9. The van der Waals surface area contributed by atoms with E-state index in [0.717, 1.165) is 12.8 Å². The van der Waals surface area contributed by atoms with Crippen LogP contribution >= 0.6 is 0 Å². The lowest BCUT2D eigenvalue weighted by Gasteiger charge is -1.99. The van der Waals surface area contributed by atoms with E-state index in [0.29, 0.717) is 6.61 Å². The van der Waals surface area contributed by atoms with Gasteiger partial charge in [-0.3, -0.25) is 0 Å². The van der Waals surface area contributed by atoms with Gasteiger partial charge in [0.15, 0.2) is 0 Å². The summed E-state index contributed by atoms with van der Waals surface area (Å²) in [7, 11) is 0. The molecule has 0 heterocycles. The van der Waals surface area contributed by atoms with Gasteiger partial charge >= 0.3 is 0 Å². The minimum Gasteiger partial charge on any atom is -0.396 e. The van der Waals surface area contributed by atoms with Crippen molar-refractivity contribution >= 4 is 0 Å². The molecule has 0 fully saturated rings. The predicted octanol–water partition coefficient (Wildman–Crippen LogP) is 3.45. The number of rotatable bonds is 10. The number of hydrogen-bond acceptors (Lipinski definition) is 2. The van der Waals surface area contributed by atoms with E-state index in [1.807, 2.05) is 6.08 Å². The maximum Gasteiger partial charge on any atom is 0.0609 e. The maximum absolute atomic E-state index is 8.53. The van der Waals surface area contributed by atoms with Crippen molar-refractivity contribution in [3.05, 3.63) is 25.3 Å². The SMILES string of the molecule is C=CCCCCCCCCCO.C=CCO. The van der Waals surface area contributed by atoms with Gasteiger partial charge in [-0.05, 0) is 19.3 Å². The van der Waals surface area contributed by atoms with E-state index in [1.54, 1.807) is 0 Å². The van der Waals surface area contributed by atoms with Crippen LogP contribution < -0.4 is 0 Å². The van der Waals surface area contributed by atoms with Crippen LogP contribution in [0.4, 0.5) is 0 Å². The van der Waals surface area contributed by atoms with Gasteiger partial charge in [0.1, 0.15) is 0 Å². The van der Waals surface area contributed by atoms with Gasteiger partial charge in [-0.1, -0.05) is 44.3 Å². The standard InChI is InChI=1S/C11H22O.C3H6O/c1-2-3-4-5-6-7-8-9-10-11-12;1-2-3-4/h2,12H,1,3-11H2;2,4H,1,3H2. The molecule has 0 radical (unpaired) electrons. The van der Waals surface area contributed by atoms with Gasteiger partial charge < -0.3 is 10.2 Å². The third-order valence-electron chi connectivity index (χ3n) is 2.20. The van der Waals surface area contributed by atoms with Gasteiger partial charge in [-0.2, -0.15) is 0 Å². The van der Waals surface area contributed by atoms with E-state index in [9.17, 15) is 0 Å². The van der Waals surface area contributed by atoms with Crippen molar-refractivity contribution in [2.24, 2.45) is 0 Å². The number of aliphatic hydroxyl groups excluding tert-OH is 2. The van der Waals surface area contributed by atoms with E-state index in [4.69, 9.17) is 10.2 Å². The Labute approximate surface area is 101 Å². The molecule has 96 valence electrons. The Morgan fingerprint density at radius 2 is 1.12 bits per heavy atom. The highest BCUT2D eigenvalue weighted by Crippen LogP contribution is 2.08. The molecule has 0 aliphatic heterocycles.